The lowest BCUT2D eigenvalue weighted by Gasteiger charge is -2.16. The molecule has 0 saturated carbocycles. The van der Waals surface area contributed by atoms with Gasteiger partial charge in [-0.15, -0.1) is 0 Å². The summed E-state index contributed by atoms with van der Waals surface area (Å²) < 4.78 is 33.3. The standard InChI is InChI=1S/C22H21BrN2O4S/c1-25(16-18-5-2-3-7-21(18)23)22(26)13-10-17-8-11-20(12-9-17)30(27,28)24-15-19-6-4-14-29-19/h2-14,24H,15-16H2,1H3/b13-10+. The van der Waals surface area contributed by atoms with Gasteiger partial charge in [0.25, 0.3) is 0 Å². The summed E-state index contributed by atoms with van der Waals surface area (Å²) in [5.41, 5.74) is 1.74. The van der Waals surface area contributed by atoms with Gasteiger partial charge in [-0.3, -0.25) is 4.79 Å². The van der Waals surface area contributed by atoms with E-state index in [4.69, 9.17) is 4.42 Å². The normalized spacial score (nSPS) is 11.7. The van der Waals surface area contributed by atoms with Crippen LogP contribution >= 0.6 is 15.9 Å². The van der Waals surface area contributed by atoms with Crippen LogP contribution in [0.25, 0.3) is 6.08 Å². The molecule has 1 amide bonds. The summed E-state index contributed by atoms with van der Waals surface area (Å²) in [6.07, 6.45) is 4.61. The zero-order valence-electron chi connectivity index (χ0n) is 16.3. The summed E-state index contributed by atoms with van der Waals surface area (Å²) in [7, 11) is -1.92. The van der Waals surface area contributed by atoms with Crippen molar-refractivity contribution in [1.82, 2.24) is 9.62 Å². The van der Waals surface area contributed by atoms with Crippen LogP contribution in [0.1, 0.15) is 16.9 Å². The van der Waals surface area contributed by atoms with Crippen molar-refractivity contribution in [2.24, 2.45) is 0 Å². The Kier molecular flexibility index (Phi) is 7.25. The van der Waals surface area contributed by atoms with Crippen molar-refractivity contribution < 1.29 is 17.6 Å². The topological polar surface area (TPSA) is 79.6 Å². The third-order valence-electron chi connectivity index (χ3n) is 4.37. The van der Waals surface area contributed by atoms with Crippen LogP contribution in [0.5, 0.6) is 0 Å². The number of amides is 1. The van der Waals surface area contributed by atoms with Crippen LogP contribution in [0.3, 0.4) is 0 Å². The largest absolute Gasteiger partial charge is 0.468 e. The molecule has 3 rings (SSSR count). The van der Waals surface area contributed by atoms with Crippen LogP contribution in [0, 0.1) is 0 Å². The molecule has 0 aliphatic rings. The number of nitrogens with one attached hydrogen (secondary N) is 1. The van der Waals surface area contributed by atoms with Crippen molar-refractivity contribution in [2.75, 3.05) is 7.05 Å². The second-order valence-electron chi connectivity index (χ2n) is 6.59. The predicted octanol–water partition coefficient (Wildman–Crippen LogP) is 4.19. The number of sulfonamides is 1. The van der Waals surface area contributed by atoms with E-state index in [1.54, 1.807) is 42.3 Å². The lowest BCUT2D eigenvalue weighted by atomic mass is 10.2. The highest BCUT2D eigenvalue weighted by Gasteiger charge is 2.14. The number of carbonyl (C=O) groups excluding carboxylic acids is 1. The van der Waals surface area contributed by atoms with Crippen LogP contribution < -0.4 is 4.72 Å². The third-order valence-corrected chi connectivity index (χ3v) is 6.56. The lowest BCUT2D eigenvalue weighted by molar-refractivity contribution is -0.125. The number of halogens is 1. The van der Waals surface area contributed by atoms with Crippen LogP contribution in [0.15, 0.2) is 86.8 Å². The van der Waals surface area contributed by atoms with Gasteiger partial charge in [0, 0.05) is 24.1 Å². The van der Waals surface area contributed by atoms with Crippen LogP contribution in [0.2, 0.25) is 0 Å². The van der Waals surface area contributed by atoms with Gasteiger partial charge in [0.1, 0.15) is 5.76 Å². The molecule has 0 fully saturated rings. The highest BCUT2D eigenvalue weighted by Crippen LogP contribution is 2.18. The number of hydrogen-bond donors (Lipinski definition) is 1. The van der Waals surface area contributed by atoms with Crippen molar-refractivity contribution in [1.29, 1.82) is 0 Å². The monoisotopic (exact) mass is 488 g/mol. The molecule has 30 heavy (non-hydrogen) atoms. The Balaban J connectivity index is 1.59. The molecular formula is C22H21BrN2O4S. The van der Waals surface area contributed by atoms with Gasteiger partial charge in [-0.05, 0) is 47.5 Å². The van der Waals surface area contributed by atoms with E-state index in [1.807, 2.05) is 24.3 Å². The average molecular weight is 489 g/mol. The molecule has 0 saturated heterocycles. The first-order valence-corrected chi connectivity index (χ1v) is 11.4. The summed E-state index contributed by atoms with van der Waals surface area (Å²) in [5, 5.41) is 0. The first-order valence-electron chi connectivity index (χ1n) is 9.14. The van der Waals surface area contributed by atoms with E-state index in [1.165, 1.54) is 24.5 Å². The van der Waals surface area contributed by atoms with Crippen LogP contribution in [-0.4, -0.2) is 26.3 Å². The molecule has 0 bridgehead atoms. The van der Waals surface area contributed by atoms with Gasteiger partial charge in [0.05, 0.1) is 17.7 Å². The Morgan fingerprint density at radius 2 is 1.83 bits per heavy atom. The number of hydrogen-bond acceptors (Lipinski definition) is 4. The Hall–Kier alpha value is -2.68. The average Bonchev–Trinajstić information content (AvgIpc) is 3.26. The molecule has 0 unspecified atom stereocenters. The molecular weight excluding hydrogens is 468 g/mol. The Bertz CT molecular complexity index is 1120. The number of rotatable bonds is 8. The molecule has 1 N–H and O–H groups in total. The molecule has 8 heteroatoms. The summed E-state index contributed by atoms with van der Waals surface area (Å²) in [4.78, 5) is 14.1. The molecule has 2 aromatic carbocycles. The van der Waals surface area contributed by atoms with Gasteiger partial charge in [-0.1, -0.05) is 46.3 Å². The van der Waals surface area contributed by atoms with Gasteiger partial charge >= 0.3 is 0 Å². The van der Waals surface area contributed by atoms with Crippen molar-refractivity contribution in [3.05, 3.63) is 94.4 Å². The first-order chi connectivity index (χ1) is 14.3. The first kappa shape index (κ1) is 22.0. The van der Waals surface area contributed by atoms with Gasteiger partial charge in [0.2, 0.25) is 15.9 Å². The van der Waals surface area contributed by atoms with E-state index in [2.05, 4.69) is 20.7 Å². The van der Waals surface area contributed by atoms with E-state index >= 15 is 0 Å². The molecule has 156 valence electrons. The smallest absolute Gasteiger partial charge is 0.246 e. The molecule has 1 heterocycles. The fourth-order valence-corrected chi connectivity index (χ4v) is 4.08. The number of likely N-dealkylation sites (N-methyl/N-ethyl adjacent to an activating group) is 1. The fourth-order valence-electron chi connectivity index (χ4n) is 2.68. The van der Waals surface area contributed by atoms with Crippen molar-refractivity contribution in [3.8, 4) is 0 Å². The van der Waals surface area contributed by atoms with Gasteiger partial charge in [0.15, 0.2) is 0 Å². The molecule has 6 nitrogen and oxygen atoms in total. The van der Waals surface area contributed by atoms with E-state index in [0.29, 0.717) is 12.3 Å². The SMILES string of the molecule is CN(Cc1ccccc1Br)C(=O)/C=C/c1ccc(S(=O)(=O)NCc2ccco2)cc1. The molecule has 0 atom stereocenters. The van der Waals surface area contributed by atoms with Crippen LogP contribution in [0.4, 0.5) is 0 Å². The van der Waals surface area contributed by atoms with Crippen molar-refractivity contribution in [2.45, 2.75) is 18.0 Å². The maximum atomic E-state index is 12.4. The maximum Gasteiger partial charge on any atom is 0.246 e. The van der Waals surface area contributed by atoms with E-state index in [9.17, 15) is 13.2 Å². The number of benzene rings is 2. The highest BCUT2D eigenvalue weighted by molar-refractivity contribution is 9.10. The van der Waals surface area contributed by atoms with Crippen LogP contribution in [-0.2, 0) is 27.9 Å². The zero-order chi connectivity index (χ0) is 21.6. The predicted molar refractivity (Wildman–Crippen MR) is 119 cm³/mol. The molecule has 3 aromatic rings. The second kappa shape index (κ2) is 9.88. The minimum atomic E-state index is -3.65. The molecule has 0 spiro atoms. The van der Waals surface area contributed by atoms with Gasteiger partial charge < -0.3 is 9.32 Å². The second-order valence-corrected chi connectivity index (χ2v) is 9.21. The molecule has 0 radical (unpaired) electrons. The fraction of sp³-hybridized carbons (Fsp3) is 0.136. The maximum absolute atomic E-state index is 12.4. The summed E-state index contributed by atoms with van der Waals surface area (Å²) >= 11 is 3.48. The zero-order valence-corrected chi connectivity index (χ0v) is 18.7. The Labute approximate surface area is 184 Å². The summed E-state index contributed by atoms with van der Waals surface area (Å²) in [5.74, 6) is 0.380. The van der Waals surface area contributed by atoms with Crippen molar-refractivity contribution >= 4 is 37.9 Å². The molecule has 0 aliphatic heterocycles. The van der Waals surface area contributed by atoms with Gasteiger partial charge in [-0.2, -0.15) is 0 Å². The van der Waals surface area contributed by atoms with E-state index in [-0.39, 0.29) is 17.3 Å². The molecule has 0 aliphatic carbocycles. The van der Waals surface area contributed by atoms with Gasteiger partial charge in [-0.25, -0.2) is 13.1 Å². The van der Waals surface area contributed by atoms with E-state index < -0.39 is 10.0 Å². The minimum Gasteiger partial charge on any atom is -0.468 e. The number of furan rings is 1. The summed E-state index contributed by atoms with van der Waals surface area (Å²) in [6.45, 7) is 0.554. The number of carbonyl (C=O) groups is 1. The lowest BCUT2D eigenvalue weighted by Crippen LogP contribution is -2.24. The Morgan fingerprint density at radius 3 is 2.50 bits per heavy atom. The quantitative estimate of drug-likeness (QED) is 0.482. The highest BCUT2D eigenvalue weighted by atomic mass is 79.9. The Morgan fingerprint density at radius 1 is 1.10 bits per heavy atom. The minimum absolute atomic E-state index is 0.0787. The number of nitrogens with zero attached hydrogens (tertiary/aromatic N) is 1. The molecule has 1 aromatic heterocycles. The third kappa shape index (κ3) is 5.91. The van der Waals surface area contributed by atoms with Crippen molar-refractivity contribution in [3.63, 3.8) is 0 Å². The van der Waals surface area contributed by atoms with E-state index in [0.717, 1.165) is 15.6 Å². The summed E-state index contributed by atoms with van der Waals surface area (Å²) in [6, 6.07) is 17.4.